The van der Waals surface area contributed by atoms with Crippen molar-refractivity contribution in [3.63, 3.8) is 0 Å². The number of benzene rings is 1. The lowest BCUT2D eigenvalue weighted by Crippen LogP contribution is -2.39. The van der Waals surface area contributed by atoms with E-state index in [1.165, 1.54) is 25.3 Å². The van der Waals surface area contributed by atoms with Gasteiger partial charge in [0.2, 0.25) is 0 Å². The van der Waals surface area contributed by atoms with Gasteiger partial charge in [0.05, 0.1) is 6.10 Å². The van der Waals surface area contributed by atoms with Crippen LogP contribution in [0.25, 0.3) is 0 Å². The van der Waals surface area contributed by atoms with Gasteiger partial charge < -0.3 is 14.0 Å². The predicted molar refractivity (Wildman–Crippen MR) is 131 cm³/mol. The Labute approximate surface area is 208 Å². The van der Waals surface area contributed by atoms with Crippen LogP contribution in [0.15, 0.2) is 58.3 Å². The standard InChI is InChI=1S/C24H28N3O8P/c1-6-24(13-12-20(34-24)27-14-17(4)21(28)25-23(27)30)15-32-36(31,35-19-10-8-7-9-11-19)26-18(5)22(29)33-16(2)3/h1,7-14,16,18,20H,15H2,2-5H3,(H,26,31)(H,25,28,30)/t18-,20-,24+,36?/m1/s1. The molecular weight excluding hydrogens is 489 g/mol. The van der Waals surface area contributed by atoms with Crippen molar-refractivity contribution in [1.82, 2.24) is 14.6 Å². The Morgan fingerprint density at radius 2 is 2.00 bits per heavy atom. The molecule has 1 aliphatic rings. The molecule has 0 amide bonds. The van der Waals surface area contributed by atoms with Crippen LogP contribution in [-0.4, -0.2) is 39.9 Å². The van der Waals surface area contributed by atoms with Crippen molar-refractivity contribution in [3.8, 4) is 18.1 Å². The quantitative estimate of drug-likeness (QED) is 0.211. The summed E-state index contributed by atoms with van der Waals surface area (Å²) in [5.74, 6) is 2.02. The van der Waals surface area contributed by atoms with Crippen LogP contribution in [0.2, 0.25) is 0 Å². The molecule has 2 N–H and O–H groups in total. The molecule has 0 bridgehead atoms. The molecule has 12 heteroatoms. The number of hydrogen-bond donors (Lipinski definition) is 2. The number of hydrogen-bond acceptors (Lipinski definition) is 8. The first-order chi connectivity index (χ1) is 17.0. The van der Waals surface area contributed by atoms with E-state index in [4.69, 9.17) is 24.9 Å². The van der Waals surface area contributed by atoms with Crippen LogP contribution in [0.5, 0.6) is 5.75 Å². The number of rotatable bonds is 10. The lowest BCUT2D eigenvalue weighted by atomic mass is 10.1. The average molecular weight is 517 g/mol. The zero-order chi connectivity index (χ0) is 26.5. The zero-order valence-electron chi connectivity index (χ0n) is 20.3. The number of aromatic amines is 1. The molecule has 192 valence electrons. The van der Waals surface area contributed by atoms with Crippen molar-refractivity contribution in [2.24, 2.45) is 0 Å². The summed E-state index contributed by atoms with van der Waals surface area (Å²) in [6, 6.07) is 7.20. The van der Waals surface area contributed by atoms with Crippen molar-refractivity contribution in [2.75, 3.05) is 6.61 Å². The minimum atomic E-state index is -4.19. The third kappa shape index (κ3) is 6.62. The second-order valence-electron chi connectivity index (χ2n) is 8.39. The second kappa shape index (κ2) is 11.1. The maximum atomic E-state index is 13.7. The number of carbonyl (C=O) groups excluding carboxylic acids is 1. The Balaban J connectivity index is 1.80. The fraction of sp³-hybridized carbons (Fsp3) is 0.375. The lowest BCUT2D eigenvalue weighted by molar-refractivity contribution is -0.149. The molecule has 36 heavy (non-hydrogen) atoms. The number of para-hydroxylation sites is 1. The Morgan fingerprint density at radius 1 is 1.31 bits per heavy atom. The first kappa shape index (κ1) is 27.2. The SMILES string of the molecule is C#C[C@@]1(COP(=O)(N[C@H](C)C(=O)OC(C)C)Oc2ccccc2)C=C[C@H](n2cc(C)c(=O)[nH]c2=O)O1. The van der Waals surface area contributed by atoms with E-state index < -0.39 is 49.4 Å². The van der Waals surface area contributed by atoms with Gasteiger partial charge in [-0.15, -0.1) is 6.42 Å². The molecule has 0 fully saturated rings. The summed E-state index contributed by atoms with van der Waals surface area (Å²) in [4.78, 5) is 38.4. The molecule has 0 saturated heterocycles. The lowest BCUT2D eigenvalue weighted by Gasteiger charge is -2.28. The number of nitrogens with one attached hydrogen (secondary N) is 2. The number of aryl methyl sites for hydroxylation is 1. The molecule has 0 saturated carbocycles. The summed E-state index contributed by atoms with van der Waals surface area (Å²) >= 11 is 0. The van der Waals surface area contributed by atoms with E-state index in [-0.39, 0.29) is 11.9 Å². The van der Waals surface area contributed by atoms with Crippen LogP contribution in [0.4, 0.5) is 0 Å². The van der Waals surface area contributed by atoms with Crippen molar-refractivity contribution in [2.45, 2.75) is 51.7 Å². The van der Waals surface area contributed by atoms with Gasteiger partial charge in [-0.25, -0.2) is 9.36 Å². The van der Waals surface area contributed by atoms with E-state index in [2.05, 4.69) is 16.0 Å². The average Bonchev–Trinajstić information content (AvgIpc) is 3.25. The number of aromatic nitrogens is 2. The van der Waals surface area contributed by atoms with Crippen molar-refractivity contribution in [3.05, 3.63) is 75.1 Å². The van der Waals surface area contributed by atoms with Gasteiger partial charge in [-0.3, -0.25) is 23.7 Å². The maximum absolute atomic E-state index is 13.7. The molecule has 1 aromatic heterocycles. The van der Waals surface area contributed by atoms with Gasteiger partial charge in [0, 0.05) is 11.8 Å². The molecule has 1 aliphatic heterocycles. The van der Waals surface area contributed by atoms with E-state index >= 15 is 0 Å². The third-order valence-electron chi connectivity index (χ3n) is 5.00. The minimum Gasteiger partial charge on any atom is -0.462 e. The number of nitrogens with zero attached hydrogens (tertiary/aromatic N) is 1. The van der Waals surface area contributed by atoms with Gasteiger partial charge in [0.15, 0.2) is 11.8 Å². The van der Waals surface area contributed by atoms with Crippen LogP contribution >= 0.6 is 7.75 Å². The molecule has 3 rings (SSSR count). The maximum Gasteiger partial charge on any atom is 0.459 e. The molecule has 1 unspecified atom stereocenters. The second-order valence-corrected chi connectivity index (χ2v) is 10.1. The summed E-state index contributed by atoms with van der Waals surface area (Å²) in [7, 11) is -4.19. The van der Waals surface area contributed by atoms with Crippen LogP contribution < -0.4 is 20.9 Å². The van der Waals surface area contributed by atoms with Crippen LogP contribution in [-0.2, 0) is 23.4 Å². The highest BCUT2D eigenvalue weighted by atomic mass is 31.2. The van der Waals surface area contributed by atoms with E-state index in [1.54, 1.807) is 51.1 Å². The number of carbonyl (C=O) groups is 1. The summed E-state index contributed by atoms with van der Waals surface area (Å²) in [5, 5.41) is 2.57. The highest BCUT2D eigenvalue weighted by Gasteiger charge is 2.40. The van der Waals surface area contributed by atoms with Gasteiger partial charge in [-0.05, 0) is 52.0 Å². The van der Waals surface area contributed by atoms with E-state index in [0.29, 0.717) is 5.56 Å². The number of H-pyrrole nitrogens is 1. The smallest absolute Gasteiger partial charge is 0.459 e. The van der Waals surface area contributed by atoms with Gasteiger partial charge in [-0.2, -0.15) is 5.09 Å². The predicted octanol–water partition coefficient (Wildman–Crippen LogP) is 2.44. The van der Waals surface area contributed by atoms with Gasteiger partial charge in [0.25, 0.3) is 5.56 Å². The first-order valence-electron chi connectivity index (χ1n) is 11.1. The van der Waals surface area contributed by atoms with E-state index in [1.807, 2.05) is 0 Å². The number of terminal acetylenes is 1. The number of ether oxygens (including phenoxy) is 2. The Morgan fingerprint density at radius 3 is 2.64 bits per heavy atom. The van der Waals surface area contributed by atoms with Crippen LogP contribution in [0.1, 0.15) is 32.6 Å². The molecule has 0 radical (unpaired) electrons. The van der Waals surface area contributed by atoms with Crippen molar-refractivity contribution < 1.29 is 27.9 Å². The van der Waals surface area contributed by atoms with Crippen molar-refractivity contribution in [1.29, 1.82) is 0 Å². The Hall–Kier alpha value is -3.42. The van der Waals surface area contributed by atoms with Gasteiger partial charge in [-0.1, -0.05) is 24.1 Å². The van der Waals surface area contributed by atoms with Gasteiger partial charge in [0.1, 0.15) is 18.4 Å². The fourth-order valence-corrected chi connectivity index (χ4v) is 4.70. The fourth-order valence-electron chi connectivity index (χ4n) is 3.18. The summed E-state index contributed by atoms with van der Waals surface area (Å²) in [6.45, 7) is 5.93. The van der Waals surface area contributed by atoms with Crippen molar-refractivity contribution >= 4 is 13.7 Å². The summed E-state index contributed by atoms with van der Waals surface area (Å²) in [6.07, 6.45) is 8.72. The first-order valence-corrected chi connectivity index (χ1v) is 12.6. The molecule has 2 heterocycles. The largest absolute Gasteiger partial charge is 0.462 e. The molecular formula is C24H28N3O8P. The van der Waals surface area contributed by atoms with E-state index in [9.17, 15) is 18.9 Å². The van der Waals surface area contributed by atoms with Crippen LogP contribution in [0, 0.1) is 19.3 Å². The zero-order valence-corrected chi connectivity index (χ0v) is 21.2. The molecule has 11 nitrogen and oxygen atoms in total. The normalized spacial score (nSPS) is 21.5. The summed E-state index contributed by atoms with van der Waals surface area (Å²) in [5.41, 5.74) is -2.42. The topological polar surface area (TPSA) is 138 Å². The molecule has 1 aromatic carbocycles. The minimum absolute atomic E-state index is 0.226. The van der Waals surface area contributed by atoms with Crippen LogP contribution in [0.3, 0.4) is 0 Å². The van der Waals surface area contributed by atoms with E-state index in [0.717, 1.165) is 4.57 Å². The molecule has 0 aliphatic carbocycles. The number of esters is 1. The Bertz CT molecular complexity index is 1330. The third-order valence-corrected chi connectivity index (χ3v) is 6.62. The monoisotopic (exact) mass is 517 g/mol. The highest BCUT2D eigenvalue weighted by molar-refractivity contribution is 7.52. The molecule has 4 atom stereocenters. The molecule has 0 spiro atoms. The molecule has 2 aromatic rings. The Kier molecular flexibility index (Phi) is 8.38. The highest BCUT2D eigenvalue weighted by Crippen LogP contribution is 2.46. The van der Waals surface area contributed by atoms with Gasteiger partial charge >= 0.3 is 19.4 Å². The summed E-state index contributed by atoms with van der Waals surface area (Å²) < 4.78 is 37.1.